The van der Waals surface area contributed by atoms with Crippen molar-refractivity contribution in [2.45, 2.75) is 25.3 Å². The highest BCUT2D eigenvalue weighted by atomic mass is 32.3. The second-order valence-corrected chi connectivity index (χ2v) is 3.38. The van der Waals surface area contributed by atoms with Crippen LogP contribution in [-0.2, 0) is 19.5 Å². The van der Waals surface area contributed by atoms with E-state index in [4.69, 9.17) is 18.5 Å². The molecular weight excluding hydrogens is 200 g/mol. The van der Waals surface area contributed by atoms with Crippen LogP contribution in [0.5, 0.6) is 0 Å². The van der Waals surface area contributed by atoms with Gasteiger partial charge >= 0.3 is 10.4 Å². The molecule has 0 aromatic heterocycles. The number of hydrogen-bond donors (Lipinski definition) is 2. The van der Waals surface area contributed by atoms with Gasteiger partial charge in [0, 0.05) is 8.22 Å². The monoisotopic (exact) mass is 216 g/mol. The highest BCUT2D eigenvalue weighted by Crippen LogP contribution is 2.30. The van der Waals surface area contributed by atoms with Gasteiger partial charge in [-0.2, -0.15) is 13.5 Å². The van der Waals surface area contributed by atoms with E-state index in [1.807, 2.05) is 0 Å². The molecule has 1 heterocycles. The number of nitrogens with zero attached hydrogens (tertiary/aromatic N) is 1. The van der Waals surface area contributed by atoms with E-state index in [1.54, 1.807) is 0 Å². The van der Waals surface area contributed by atoms with E-state index >= 15 is 0 Å². The van der Waals surface area contributed by atoms with Crippen molar-refractivity contribution in [3.63, 3.8) is 0 Å². The molecular formula is C5H10N2O5S. The van der Waals surface area contributed by atoms with Crippen LogP contribution in [0.3, 0.4) is 0 Å². The molecule has 0 radical (unpaired) electrons. The van der Waals surface area contributed by atoms with Gasteiger partial charge in [-0.25, -0.2) is 0 Å². The van der Waals surface area contributed by atoms with Gasteiger partial charge in [-0.1, -0.05) is 0 Å². The van der Waals surface area contributed by atoms with Gasteiger partial charge in [0.05, 0.1) is 5.54 Å². The summed E-state index contributed by atoms with van der Waals surface area (Å²) in [5.41, 5.74) is 2.17. The standard InChI is InChI=1S/C5H10N2O5S/c1-5(2)3(6)4(8)7(5)12-13(9,10)11/h3H,6H2,1-2H3,(H,9,10,11)/t3-/m1/s1/i1D3,2D3. The predicted octanol–water partition coefficient (Wildman–Crippen LogP) is -1.33. The first-order chi connectivity index (χ1) is 8.16. The van der Waals surface area contributed by atoms with Crippen LogP contribution in [0.1, 0.15) is 21.9 Å². The maximum atomic E-state index is 11.3. The van der Waals surface area contributed by atoms with Crippen LogP contribution in [-0.4, -0.2) is 35.5 Å². The summed E-state index contributed by atoms with van der Waals surface area (Å²) >= 11 is 0. The molecule has 3 N–H and O–H groups in total. The lowest BCUT2D eigenvalue weighted by Crippen LogP contribution is -2.74. The second-order valence-electron chi connectivity index (χ2n) is 2.38. The molecule has 0 saturated carbocycles. The molecule has 13 heavy (non-hydrogen) atoms. The van der Waals surface area contributed by atoms with E-state index < -0.39 is 46.7 Å². The molecule has 1 fully saturated rings. The van der Waals surface area contributed by atoms with Gasteiger partial charge in [0.1, 0.15) is 6.04 Å². The number of amides is 1. The van der Waals surface area contributed by atoms with Crippen molar-refractivity contribution in [2.75, 3.05) is 0 Å². The summed E-state index contributed by atoms with van der Waals surface area (Å²) in [4.78, 5) is 11.3. The minimum atomic E-state index is -5.28. The molecule has 1 aliphatic heterocycles. The molecule has 1 atom stereocenters. The van der Waals surface area contributed by atoms with Crippen LogP contribution >= 0.6 is 0 Å². The number of nitrogens with two attached hydrogens (primary N) is 1. The second kappa shape index (κ2) is 2.64. The average molecular weight is 216 g/mol. The van der Waals surface area contributed by atoms with Crippen molar-refractivity contribution in [3.8, 4) is 0 Å². The summed E-state index contributed by atoms with van der Waals surface area (Å²) < 4.78 is 76.5. The summed E-state index contributed by atoms with van der Waals surface area (Å²) in [5.74, 6) is -1.38. The quantitative estimate of drug-likeness (QED) is 0.437. The highest BCUT2D eigenvalue weighted by Gasteiger charge is 2.55. The third-order valence-corrected chi connectivity index (χ3v) is 1.74. The number of hydrogen-bond acceptors (Lipinski definition) is 5. The number of rotatable bonds is 2. The Hall–Kier alpha value is -0.700. The number of β-lactam (4-membered cyclic amide) rings is 1. The first-order valence-electron chi connectivity index (χ1n) is 5.93. The minimum Gasteiger partial charge on any atom is -0.318 e. The Morgan fingerprint density at radius 2 is 2.31 bits per heavy atom. The topological polar surface area (TPSA) is 110 Å². The zero-order chi connectivity index (χ0) is 15.4. The first-order valence-corrected chi connectivity index (χ1v) is 4.29. The van der Waals surface area contributed by atoms with Gasteiger partial charge in [0.15, 0.2) is 0 Å². The van der Waals surface area contributed by atoms with E-state index in [9.17, 15) is 13.2 Å². The molecule has 76 valence electrons. The molecule has 7 nitrogen and oxygen atoms in total. The Kier molecular flexibility index (Phi) is 0.953. The van der Waals surface area contributed by atoms with E-state index in [0.29, 0.717) is 0 Å². The number of carbonyl (C=O) groups excluding carboxylic acids is 1. The van der Waals surface area contributed by atoms with E-state index in [2.05, 4.69) is 4.28 Å². The molecule has 0 spiro atoms. The Morgan fingerprint density at radius 3 is 2.69 bits per heavy atom. The van der Waals surface area contributed by atoms with Crippen molar-refractivity contribution in [3.05, 3.63) is 0 Å². The zero-order valence-corrected chi connectivity index (χ0v) is 6.91. The lowest BCUT2D eigenvalue weighted by atomic mass is 9.86. The molecule has 1 aliphatic rings. The summed E-state index contributed by atoms with van der Waals surface area (Å²) in [6.07, 6.45) is 0. The fourth-order valence-electron chi connectivity index (χ4n) is 0.729. The molecule has 8 heteroatoms. The van der Waals surface area contributed by atoms with Crippen LogP contribution in [0.4, 0.5) is 0 Å². The SMILES string of the molecule is [2H]C([2H])([2H])C1(C([2H])([2H])[2H])[C@H](N)C(=O)N1OS(=O)(=O)O. The van der Waals surface area contributed by atoms with E-state index in [1.165, 1.54) is 0 Å². The van der Waals surface area contributed by atoms with Crippen LogP contribution in [0, 0.1) is 0 Å². The van der Waals surface area contributed by atoms with E-state index in [-0.39, 0.29) is 0 Å². The molecule has 0 aliphatic carbocycles. The van der Waals surface area contributed by atoms with Gasteiger partial charge in [-0.05, 0) is 13.7 Å². The molecule has 0 bridgehead atoms. The Morgan fingerprint density at radius 1 is 1.77 bits per heavy atom. The van der Waals surface area contributed by atoms with Gasteiger partial charge in [-0.3, -0.25) is 9.35 Å². The molecule has 1 rings (SSSR count). The fraction of sp³-hybridized carbons (Fsp3) is 0.800. The predicted molar refractivity (Wildman–Crippen MR) is 41.5 cm³/mol. The largest absolute Gasteiger partial charge is 0.418 e. The van der Waals surface area contributed by atoms with Crippen molar-refractivity contribution < 1.29 is 30.3 Å². The van der Waals surface area contributed by atoms with Crippen molar-refractivity contribution in [1.82, 2.24) is 5.06 Å². The molecule has 1 saturated heterocycles. The normalized spacial score (nSPS) is 36.0. The third kappa shape index (κ3) is 1.66. The Bertz CT molecular complexity index is 483. The van der Waals surface area contributed by atoms with Crippen molar-refractivity contribution in [2.24, 2.45) is 5.73 Å². The van der Waals surface area contributed by atoms with Gasteiger partial charge < -0.3 is 5.73 Å². The van der Waals surface area contributed by atoms with Gasteiger partial charge in [0.2, 0.25) is 0 Å². The lowest BCUT2D eigenvalue weighted by Gasteiger charge is -2.48. The van der Waals surface area contributed by atoms with Crippen LogP contribution in [0.2, 0.25) is 0 Å². The Balaban J connectivity index is 3.41. The maximum absolute atomic E-state index is 11.3. The molecule has 1 amide bonds. The van der Waals surface area contributed by atoms with Crippen LogP contribution in [0.25, 0.3) is 0 Å². The average Bonchev–Trinajstić information content (AvgIpc) is 2.10. The first kappa shape index (κ1) is 4.69. The zero-order valence-electron chi connectivity index (χ0n) is 12.1. The van der Waals surface area contributed by atoms with Crippen molar-refractivity contribution >= 4 is 16.3 Å². The molecule has 0 unspecified atom stereocenters. The summed E-state index contributed by atoms with van der Waals surface area (Å²) in [6, 6.07) is -2.02. The smallest absolute Gasteiger partial charge is 0.318 e. The molecule has 0 aromatic rings. The number of hydroxylamine groups is 2. The summed E-state index contributed by atoms with van der Waals surface area (Å²) in [5, 5.41) is -0.424. The van der Waals surface area contributed by atoms with Gasteiger partial charge in [0.25, 0.3) is 5.91 Å². The Labute approximate surface area is 83.8 Å². The minimum absolute atomic E-state index is 0.424. The number of carbonyl (C=O) groups is 1. The van der Waals surface area contributed by atoms with Crippen LogP contribution in [0.15, 0.2) is 0 Å². The van der Waals surface area contributed by atoms with Crippen LogP contribution < -0.4 is 5.73 Å². The highest BCUT2D eigenvalue weighted by molar-refractivity contribution is 7.80. The van der Waals surface area contributed by atoms with E-state index in [0.717, 1.165) is 0 Å². The van der Waals surface area contributed by atoms with Gasteiger partial charge in [-0.15, -0.1) is 4.28 Å². The summed E-state index contributed by atoms with van der Waals surface area (Å²) in [7, 11) is -5.28. The third-order valence-electron chi connectivity index (χ3n) is 1.41. The van der Waals surface area contributed by atoms with Crippen molar-refractivity contribution in [1.29, 1.82) is 0 Å². The lowest BCUT2D eigenvalue weighted by molar-refractivity contribution is -0.214. The summed E-state index contributed by atoms with van der Waals surface area (Å²) in [6.45, 7) is -6.73. The molecule has 0 aromatic carbocycles. The maximum Gasteiger partial charge on any atom is 0.418 e. The fourth-order valence-corrected chi connectivity index (χ4v) is 1.11.